The van der Waals surface area contributed by atoms with Crippen LogP contribution in [0.25, 0.3) is 0 Å². The number of aromatic carboxylic acids is 1. The Morgan fingerprint density at radius 1 is 1.26 bits per heavy atom. The van der Waals surface area contributed by atoms with E-state index < -0.39 is 15.0 Å². The minimum absolute atomic E-state index is 0.0344. The zero-order chi connectivity index (χ0) is 22.5. The molecule has 1 fully saturated rings. The van der Waals surface area contributed by atoms with Crippen molar-refractivity contribution in [2.75, 3.05) is 25.8 Å². The van der Waals surface area contributed by atoms with E-state index in [2.05, 4.69) is 11.5 Å². The van der Waals surface area contributed by atoms with Gasteiger partial charge in [0, 0.05) is 31.8 Å². The highest BCUT2D eigenvalue weighted by Gasteiger charge is 2.30. The predicted octanol–water partition coefficient (Wildman–Crippen LogP) is 2.37. The van der Waals surface area contributed by atoms with Crippen molar-refractivity contribution in [3.8, 4) is 5.75 Å². The van der Waals surface area contributed by atoms with Crippen LogP contribution in [0.15, 0.2) is 55.1 Å². The molecular weight excluding hydrogens is 415 g/mol. The van der Waals surface area contributed by atoms with Crippen LogP contribution in [-0.4, -0.2) is 67.7 Å². The van der Waals surface area contributed by atoms with Crippen LogP contribution in [-0.2, 0) is 4.79 Å². The second kappa shape index (κ2) is 9.89. The van der Waals surface area contributed by atoms with Gasteiger partial charge in [0.1, 0.15) is 11.6 Å². The van der Waals surface area contributed by atoms with E-state index in [1.807, 2.05) is 13.0 Å². The molecular formula is C23H26FN2O4Si. The van der Waals surface area contributed by atoms with Gasteiger partial charge in [-0.25, -0.2) is 9.18 Å². The number of aryl methyl sites for hydroxylation is 1. The molecule has 6 nitrogen and oxygen atoms in total. The van der Waals surface area contributed by atoms with Crippen LogP contribution in [0.1, 0.15) is 22.8 Å². The van der Waals surface area contributed by atoms with Crippen LogP contribution in [0.2, 0.25) is 0 Å². The molecule has 1 amide bonds. The first-order valence-corrected chi connectivity index (χ1v) is 11.7. The van der Waals surface area contributed by atoms with Gasteiger partial charge in [-0.15, -0.1) is 0 Å². The summed E-state index contributed by atoms with van der Waals surface area (Å²) in [4.78, 5) is 27.1. The number of piperazine rings is 1. The molecule has 1 aliphatic rings. The summed E-state index contributed by atoms with van der Waals surface area (Å²) in [5.41, 5.74) is 0.750. The Bertz CT molecular complexity index is 967. The highest BCUT2D eigenvalue weighted by atomic mass is 28.3. The molecule has 0 bridgehead atoms. The number of carbonyl (C=O) groups is 2. The second-order valence-electron chi connectivity index (χ2n) is 7.64. The van der Waals surface area contributed by atoms with Crippen LogP contribution < -0.4 is 9.61 Å². The van der Waals surface area contributed by atoms with Crippen molar-refractivity contribution in [1.82, 2.24) is 9.80 Å². The van der Waals surface area contributed by atoms with Crippen molar-refractivity contribution in [2.45, 2.75) is 19.9 Å². The van der Waals surface area contributed by atoms with Crippen molar-refractivity contribution in [3.63, 3.8) is 0 Å². The number of hydrogen-bond acceptors (Lipinski definition) is 4. The first-order valence-electron chi connectivity index (χ1n) is 10.1. The molecule has 2 aromatic carbocycles. The molecule has 1 saturated heterocycles. The van der Waals surface area contributed by atoms with Gasteiger partial charge in [0.25, 0.3) is 0 Å². The normalized spacial score (nSPS) is 16.9. The lowest BCUT2D eigenvalue weighted by molar-refractivity contribution is -0.130. The fourth-order valence-electron chi connectivity index (χ4n) is 3.58. The summed E-state index contributed by atoms with van der Waals surface area (Å²) < 4.78 is 20.5. The van der Waals surface area contributed by atoms with Crippen molar-refractivity contribution in [2.24, 2.45) is 0 Å². The summed E-state index contributed by atoms with van der Waals surface area (Å²) in [7, 11) is -1.70. The zero-order valence-electron chi connectivity index (χ0n) is 17.7. The van der Waals surface area contributed by atoms with Crippen LogP contribution in [0.4, 0.5) is 4.39 Å². The van der Waals surface area contributed by atoms with Crippen LogP contribution in [0.3, 0.4) is 0 Å². The summed E-state index contributed by atoms with van der Waals surface area (Å²) in [6.45, 7) is 9.24. The summed E-state index contributed by atoms with van der Waals surface area (Å²) in [6.07, 6.45) is 1.94. The molecule has 3 rings (SSSR count). The van der Waals surface area contributed by atoms with E-state index in [0.717, 1.165) is 5.19 Å². The van der Waals surface area contributed by atoms with E-state index in [-0.39, 0.29) is 23.3 Å². The summed E-state index contributed by atoms with van der Waals surface area (Å²) in [5, 5.41) is 9.89. The highest BCUT2D eigenvalue weighted by Crippen LogP contribution is 2.16. The molecule has 1 aliphatic heterocycles. The Labute approximate surface area is 183 Å². The molecule has 8 heteroatoms. The van der Waals surface area contributed by atoms with E-state index in [1.165, 1.54) is 24.3 Å². The zero-order valence-corrected chi connectivity index (χ0v) is 18.7. The van der Waals surface area contributed by atoms with Gasteiger partial charge in [-0.1, -0.05) is 18.7 Å². The molecule has 1 N–H and O–H groups in total. The Morgan fingerprint density at radius 3 is 2.55 bits per heavy atom. The Hall–Kier alpha value is -2.97. The fraction of sp³-hybridized carbons (Fsp3) is 0.304. The largest absolute Gasteiger partial charge is 0.536 e. The Balaban J connectivity index is 1.79. The maximum Gasteiger partial charge on any atom is 0.335 e. The van der Waals surface area contributed by atoms with Crippen molar-refractivity contribution in [1.29, 1.82) is 0 Å². The Kier molecular flexibility index (Phi) is 7.24. The molecule has 1 atom stereocenters. The summed E-state index contributed by atoms with van der Waals surface area (Å²) >= 11 is 0. The van der Waals surface area contributed by atoms with Crippen LogP contribution >= 0.6 is 0 Å². The number of rotatable bonds is 7. The number of benzene rings is 2. The third-order valence-corrected chi connectivity index (χ3v) is 7.54. The lowest BCUT2D eigenvalue weighted by atomic mass is 10.2. The molecule has 1 radical (unpaired) electrons. The molecule has 163 valence electrons. The average Bonchev–Trinajstić information content (AvgIpc) is 2.75. The number of amides is 1. The van der Waals surface area contributed by atoms with Gasteiger partial charge in [-0.3, -0.25) is 9.69 Å². The molecule has 31 heavy (non-hydrogen) atoms. The SMILES string of the molecule is C=CC(=O)N1CCN(C[Si](Oc2ccc(C(=O)O)cc2)c2ccc(C)c(F)c2)C[C@H]1C. The summed E-state index contributed by atoms with van der Waals surface area (Å²) in [6, 6.07) is 11.4. The molecule has 0 aromatic heterocycles. The van der Waals surface area contributed by atoms with E-state index in [0.29, 0.717) is 37.1 Å². The van der Waals surface area contributed by atoms with Crippen molar-refractivity contribution in [3.05, 3.63) is 72.1 Å². The maximum absolute atomic E-state index is 14.3. The van der Waals surface area contributed by atoms with Gasteiger partial charge >= 0.3 is 15.0 Å². The number of hydrogen-bond donors (Lipinski definition) is 1. The lowest BCUT2D eigenvalue weighted by Crippen LogP contribution is -2.57. The van der Waals surface area contributed by atoms with E-state index in [1.54, 1.807) is 30.0 Å². The third kappa shape index (κ3) is 5.59. The van der Waals surface area contributed by atoms with E-state index in [9.17, 15) is 14.0 Å². The predicted molar refractivity (Wildman–Crippen MR) is 118 cm³/mol. The average molecular weight is 442 g/mol. The standard InChI is InChI=1S/C23H26FN2O4Si/c1-4-22(27)26-12-11-25(14-17(26)3)15-31(20-10-5-16(2)21(24)13-20)30-19-8-6-18(7-9-19)23(28)29/h4-10,13,17H,1,11-12,14-15H2,2-3H3,(H,28,29)/t17-/m1/s1. The quantitative estimate of drug-likeness (QED) is 0.528. The lowest BCUT2D eigenvalue weighted by Gasteiger charge is -2.40. The molecule has 0 aliphatic carbocycles. The molecule has 2 aromatic rings. The van der Waals surface area contributed by atoms with Crippen LogP contribution in [0, 0.1) is 12.7 Å². The smallest absolute Gasteiger partial charge is 0.335 e. The molecule has 0 spiro atoms. The molecule has 0 saturated carbocycles. The fourth-order valence-corrected chi connectivity index (χ4v) is 5.62. The highest BCUT2D eigenvalue weighted by molar-refractivity contribution is 6.68. The first kappa shape index (κ1) is 22.7. The van der Waals surface area contributed by atoms with Crippen molar-refractivity contribution < 1.29 is 23.5 Å². The topological polar surface area (TPSA) is 70.1 Å². The van der Waals surface area contributed by atoms with Crippen LogP contribution in [0.5, 0.6) is 5.75 Å². The van der Waals surface area contributed by atoms with E-state index >= 15 is 0 Å². The number of carboxylic acid groups (broad SMARTS) is 1. The van der Waals surface area contributed by atoms with Gasteiger partial charge in [-0.05, 0) is 61.0 Å². The first-order chi connectivity index (χ1) is 14.8. The molecule has 1 heterocycles. The number of nitrogens with zero attached hydrogens (tertiary/aromatic N) is 2. The number of carboxylic acids is 1. The number of halogens is 1. The minimum Gasteiger partial charge on any atom is -0.536 e. The molecule has 0 unspecified atom stereocenters. The van der Waals surface area contributed by atoms with Gasteiger partial charge in [0.2, 0.25) is 5.91 Å². The third-order valence-electron chi connectivity index (χ3n) is 5.37. The Morgan fingerprint density at radius 2 is 1.97 bits per heavy atom. The van der Waals surface area contributed by atoms with E-state index in [4.69, 9.17) is 9.53 Å². The number of carbonyl (C=O) groups excluding carboxylic acids is 1. The van der Waals surface area contributed by atoms with Crippen molar-refractivity contribution >= 4 is 26.1 Å². The van der Waals surface area contributed by atoms with Gasteiger partial charge < -0.3 is 14.4 Å². The minimum atomic E-state index is -1.70. The van der Waals surface area contributed by atoms with Gasteiger partial charge in [0.05, 0.1) is 5.56 Å². The van der Waals surface area contributed by atoms with Gasteiger partial charge in [0.15, 0.2) is 0 Å². The monoisotopic (exact) mass is 441 g/mol. The summed E-state index contributed by atoms with van der Waals surface area (Å²) in [5.74, 6) is -0.806. The maximum atomic E-state index is 14.3. The second-order valence-corrected chi connectivity index (χ2v) is 9.58. The van der Waals surface area contributed by atoms with Gasteiger partial charge in [-0.2, -0.15) is 0 Å².